The molecule has 0 saturated carbocycles. The number of hydrogen-bond acceptors (Lipinski definition) is 10. The quantitative estimate of drug-likeness (QED) is 0.208. The van der Waals surface area contributed by atoms with Crippen LogP contribution in [0.1, 0.15) is 43.9 Å². The third-order valence-electron chi connectivity index (χ3n) is 3.01. The highest BCUT2D eigenvalue weighted by Crippen LogP contribution is 2.13. The maximum Gasteiger partial charge on any atom is 0.324 e. The molecule has 0 aliphatic rings. The molecule has 3 unspecified atom stereocenters. The van der Waals surface area contributed by atoms with Gasteiger partial charge in [-0.2, -0.15) is 4.98 Å². The molecule has 0 spiro atoms. The molecule has 0 aromatic carbocycles. The van der Waals surface area contributed by atoms with Crippen molar-refractivity contribution in [2.75, 3.05) is 6.54 Å². The Balaban J connectivity index is 2.32. The van der Waals surface area contributed by atoms with Crippen LogP contribution in [0.15, 0.2) is 4.52 Å². The van der Waals surface area contributed by atoms with Crippen molar-refractivity contribution in [1.29, 1.82) is 0 Å². The molecule has 1 rings (SSSR count). The standard InChI is InChI=1S/C12H24N6O4S/c1-7(19)10(12(20)21)18-23-15-6-9-16-11(17-22-9)8(14)4-2-3-5-13/h7-8,10,15,18-19H,2-6,13-14H2,1H3,(H,20,21). The summed E-state index contributed by atoms with van der Waals surface area (Å²) in [4.78, 5) is 15.0. The molecule has 23 heavy (non-hydrogen) atoms. The first kappa shape index (κ1) is 19.8. The third-order valence-corrected chi connectivity index (χ3v) is 3.68. The van der Waals surface area contributed by atoms with E-state index in [0.717, 1.165) is 31.4 Å². The van der Waals surface area contributed by atoms with Gasteiger partial charge in [0.2, 0.25) is 5.89 Å². The Labute approximate surface area is 138 Å². The van der Waals surface area contributed by atoms with E-state index in [9.17, 15) is 9.90 Å². The largest absolute Gasteiger partial charge is 0.480 e. The highest BCUT2D eigenvalue weighted by Gasteiger charge is 2.22. The Morgan fingerprint density at radius 3 is 2.83 bits per heavy atom. The van der Waals surface area contributed by atoms with Crippen LogP contribution in [-0.4, -0.2) is 45.0 Å². The molecule has 1 aromatic rings. The number of carboxylic acid groups (broad SMARTS) is 1. The van der Waals surface area contributed by atoms with Crippen LogP contribution in [-0.2, 0) is 11.3 Å². The molecule has 132 valence electrons. The number of nitrogens with two attached hydrogens (primary N) is 2. The Kier molecular flexibility index (Phi) is 9.06. The van der Waals surface area contributed by atoms with Gasteiger partial charge in [0.05, 0.1) is 18.7 Å². The second-order valence-corrected chi connectivity index (χ2v) is 5.76. The molecule has 1 heterocycles. The Hall–Kier alpha value is -1.24. The fourth-order valence-corrected chi connectivity index (χ4v) is 2.39. The minimum absolute atomic E-state index is 0.229. The van der Waals surface area contributed by atoms with Gasteiger partial charge in [-0.15, -0.1) is 0 Å². The lowest BCUT2D eigenvalue weighted by molar-refractivity contribution is -0.141. The maximum absolute atomic E-state index is 10.9. The topological polar surface area (TPSA) is 173 Å². The average molecular weight is 348 g/mol. The molecule has 0 bridgehead atoms. The zero-order chi connectivity index (χ0) is 17.2. The normalized spacial score (nSPS) is 15.3. The average Bonchev–Trinajstić information content (AvgIpc) is 2.95. The minimum atomic E-state index is -1.14. The fourth-order valence-electron chi connectivity index (χ4n) is 1.69. The molecule has 1 aromatic heterocycles. The highest BCUT2D eigenvalue weighted by molar-refractivity contribution is 7.95. The van der Waals surface area contributed by atoms with Gasteiger partial charge in [-0.05, 0) is 26.3 Å². The summed E-state index contributed by atoms with van der Waals surface area (Å²) in [5, 5.41) is 22.0. The highest BCUT2D eigenvalue weighted by atomic mass is 32.2. The van der Waals surface area contributed by atoms with Crippen molar-refractivity contribution in [1.82, 2.24) is 19.6 Å². The van der Waals surface area contributed by atoms with E-state index in [1.54, 1.807) is 0 Å². The summed E-state index contributed by atoms with van der Waals surface area (Å²) in [6.07, 6.45) is 1.50. The predicted molar refractivity (Wildman–Crippen MR) is 84.8 cm³/mol. The van der Waals surface area contributed by atoms with Gasteiger partial charge >= 0.3 is 5.97 Å². The summed E-state index contributed by atoms with van der Waals surface area (Å²) in [6, 6.07) is -1.38. The van der Waals surface area contributed by atoms with Crippen LogP contribution in [0.2, 0.25) is 0 Å². The summed E-state index contributed by atoms with van der Waals surface area (Å²) in [5.74, 6) is -0.366. The van der Waals surface area contributed by atoms with E-state index in [2.05, 4.69) is 19.6 Å². The van der Waals surface area contributed by atoms with Crippen molar-refractivity contribution in [2.24, 2.45) is 11.5 Å². The Morgan fingerprint density at radius 2 is 2.22 bits per heavy atom. The van der Waals surface area contributed by atoms with Crippen LogP contribution in [0.4, 0.5) is 0 Å². The van der Waals surface area contributed by atoms with Crippen molar-refractivity contribution in [3.8, 4) is 0 Å². The number of hydrogen-bond donors (Lipinski definition) is 6. The van der Waals surface area contributed by atoms with Crippen molar-refractivity contribution in [3.63, 3.8) is 0 Å². The number of aliphatic hydroxyl groups excluding tert-OH is 1. The van der Waals surface area contributed by atoms with Gasteiger partial charge in [0.25, 0.3) is 0 Å². The van der Waals surface area contributed by atoms with E-state index in [4.69, 9.17) is 21.1 Å². The number of aliphatic hydroxyl groups is 1. The zero-order valence-electron chi connectivity index (χ0n) is 12.9. The molecule has 10 nitrogen and oxygen atoms in total. The molecule has 3 atom stereocenters. The van der Waals surface area contributed by atoms with Crippen molar-refractivity contribution in [2.45, 2.75) is 50.9 Å². The van der Waals surface area contributed by atoms with Gasteiger partial charge < -0.3 is 26.2 Å². The monoisotopic (exact) mass is 348 g/mol. The van der Waals surface area contributed by atoms with E-state index < -0.39 is 18.1 Å². The van der Waals surface area contributed by atoms with E-state index in [-0.39, 0.29) is 12.6 Å². The molecule has 0 fully saturated rings. The van der Waals surface area contributed by atoms with Gasteiger partial charge in [0.1, 0.15) is 6.04 Å². The molecule has 0 aliphatic carbocycles. The summed E-state index contributed by atoms with van der Waals surface area (Å²) < 4.78 is 10.5. The number of nitrogens with one attached hydrogen (secondary N) is 2. The second-order valence-electron chi connectivity index (χ2n) is 5.03. The Bertz CT molecular complexity index is 472. The summed E-state index contributed by atoms with van der Waals surface area (Å²) in [6.45, 7) is 2.25. The minimum Gasteiger partial charge on any atom is -0.480 e. The van der Waals surface area contributed by atoms with Crippen LogP contribution < -0.4 is 20.9 Å². The lowest BCUT2D eigenvalue weighted by atomic mass is 10.1. The van der Waals surface area contributed by atoms with E-state index >= 15 is 0 Å². The van der Waals surface area contributed by atoms with Crippen LogP contribution in [0.25, 0.3) is 0 Å². The van der Waals surface area contributed by atoms with Gasteiger partial charge in [0.15, 0.2) is 5.82 Å². The first-order valence-corrected chi connectivity index (χ1v) is 8.10. The van der Waals surface area contributed by atoms with Crippen molar-refractivity contribution >= 4 is 18.1 Å². The number of nitrogens with zero attached hydrogens (tertiary/aromatic N) is 2. The number of rotatable bonds is 12. The molecule has 0 amide bonds. The third kappa shape index (κ3) is 7.24. The molecule has 0 aliphatic heterocycles. The molecule has 11 heteroatoms. The smallest absolute Gasteiger partial charge is 0.324 e. The fraction of sp³-hybridized carbons (Fsp3) is 0.750. The lowest BCUT2D eigenvalue weighted by Crippen LogP contribution is -2.42. The van der Waals surface area contributed by atoms with Crippen molar-refractivity contribution in [3.05, 3.63) is 11.7 Å². The van der Waals surface area contributed by atoms with Gasteiger partial charge in [-0.25, -0.2) is 9.44 Å². The molecule has 0 saturated heterocycles. The molecular weight excluding hydrogens is 324 g/mol. The van der Waals surface area contributed by atoms with Crippen LogP contribution >= 0.6 is 12.1 Å². The summed E-state index contributed by atoms with van der Waals surface area (Å²) >= 11 is 0.934. The summed E-state index contributed by atoms with van der Waals surface area (Å²) in [5.41, 5.74) is 11.4. The first-order valence-electron chi connectivity index (χ1n) is 7.29. The van der Waals surface area contributed by atoms with Crippen LogP contribution in [0.5, 0.6) is 0 Å². The number of unbranched alkanes of at least 4 members (excludes halogenated alkanes) is 1. The van der Waals surface area contributed by atoms with Crippen molar-refractivity contribution < 1.29 is 19.5 Å². The van der Waals surface area contributed by atoms with Crippen LogP contribution in [0, 0.1) is 0 Å². The van der Waals surface area contributed by atoms with Gasteiger partial charge in [-0.1, -0.05) is 11.6 Å². The lowest BCUT2D eigenvalue weighted by Gasteiger charge is -2.15. The maximum atomic E-state index is 10.9. The molecule has 0 radical (unpaired) electrons. The molecular formula is C12H24N6O4S. The van der Waals surface area contributed by atoms with Gasteiger partial charge in [0, 0.05) is 12.1 Å². The van der Waals surface area contributed by atoms with E-state index in [1.165, 1.54) is 6.92 Å². The second kappa shape index (κ2) is 10.5. The van der Waals surface area contributed by atoms with Crippen LogP contribution in [0.3, 0.4) is 0 Å². The number of aliphatic carboxylic acids is 1. The SMILES string of the molecule is CC(O)C(NSNCc1nc(C(N)CCCCN)no1)C(=O)O. The number of aromatic nitrogens is 2. The number of carbonyl (C=O) groups is 1. The van der Waals surface area contributed by atoms with E-state index in [0.29, 0.717) is 18.3 Å². The van der Waals surface area contributed by atoms with Gasteiger partial charge in [-0.3, -0.25) is 4.79 Å². The first-order chi connectivity index (χ1) is 11.0. The predicted octanol–water partition coefficient (Wildman–Crippen LogP) is -0.725. The Morgan fingerprint density at radius 1 is 1.48 bits per heavy atom. The number of carboxylic acids is 1. The summed E-state index contributed by atoms with van der Waals surface area (Å²) in [7, 11) is 0. The zero-order valence-corrected chi connectivity index (χ0v) is 13.8. The van der Waals surface area contributed by atoms with E-state index in [1.807, 2.05) is 0 Å². The molecule has 8 N–H and O–H groups in total.